The van der Waals surface area contributed by atoms with Crippen LogP contribution in [0.5, 0.6) is 0 Å². The van der Waals surface area contributed by atoms with Crippen molar-refractivity contribution in [3.8, 4) is 5.95 Å². The summed E-state index contributed by atoms with van der Waals surface area (Å²) >= 11 is 0. The quantitative estimate of drug-likeness (QED) is 0.863. The van der Waals surface area contributed by atoms with Crippen LogP contribution in [0.2, 0.25) is 0 Å². The molecule has 4 aliphatic rings. The van der Waals surface area contributed by atoms with Crippen LogP contribution < -0.4 is 5.32 Å². The molecule has 2 heterocycles. The number of carbonyl (C=O) groups is 1. The highest BCUT2D eigenvalue weighted by molar-refractivity contribution is 5.95. The van der Waals surface area contributed by atoms with Crippen LogP contribution in [0.25, 0.3) is 5.95 Å². The summed E-state index contributed by atoms with van der Waals surface area (Å²) in [6, 6.07) is 0. The van der Waals surface area contributed by atoms with Crippen molar-refractivity contribution >= 4 is 5.91 Å². The smallest absolute Gasteiger partial charge is 0.254 e. The van der Waals surface area contributed by atoms with E-state index in [1.165, 1.54) is 38.5 Å². The molecule has 0 spiro atoms. The molecule has 6 rings (SSSR count). The molecule has 4 saturated carbocycles. The number of nitrogens with zero attached hydrogens (tertiary/aromatic N) is 4. The summed E-state index contributed by atoms with van der Waals surface area (Å²) in [5, 5.41) is 7.71. The van der Waals surface area contributed by atoms with Crippen molar-refractivity contribution in [1.82, 2.24) is 25.1 Å². The van der Waals surface area contributed by atoms with Crippen LogP contribution in [-0.2, 0) is 6.42 Å². The average molecular weight is 380 g/mol. The van der Waals surface area contributed by atoms with Crippen molar-refractivity contribution < 1.29 is 4.79 Å². The molecule has 148 valence electrons. The molecule has 4 fully saturated rings. The lowest BCUT2D eigenvalue weighted by atomic mass is 9.49. The van der Waals surface area contributed by atoms with Crippen molar-refractivity contribution in [3.05, 3.63) is 35.4 Å². The zero-order chi connectivity index (χ0) is 19.3. The number of nitrogens with one attached hydrogen (secondary N) is 1. The fourth-order valence-electron chi connectivity index (χ4n) is 6.30. The van der Waals surface area contributed by atoms with E-state index in [-0.39, 0.29) is 5.91 Å². The summed E-state index contributed by atoms with van der Waals surface area (Å²) in [5.41, 5.74) is 2.76. The maximum atomic E-state index is 12.9. The molecule has 0 unspecified atom stereocenters. The van der Waals surface area contributed by atoms with E-state index < -0.39 is 0 Å². The Hall–Kier alpha value is -2.24. The minimum Gasteiger partial charge on any atom is -0.351 e. The molecule has 6 heteroatoms. The largest absolute Gasteiger partial charge is 0.351 e. The van der Waals surface area contributed by atoms with Crippen molar-refractivity contribution in [3.63, 3.8) is 0 Å². The van der Waals surface area contributed by atoms with Crippen molar-refractivity contribution in [2.75, 3.05) is 6.54 Å². The van der Waals surface area contributed by atoms with Crippen LogP contribution >= 0.6 is 0 Å². The van der Waals surface area contributed by atoms with Gasteiger partial charge in [-0.2, -0.15) is 5.10 Å². The SMILES string of the molecule is CCc1cnc(-n2cc(C(=O)NCC34CC5CC(CC(C5)C3)C4)c(C)n2)nc1. The Kier molecular flexibility index (Phi) is 4.25. The normalized spacial score (nSPS) is 30.6. The third-order valence-corrected chi connectivity index (χ3v) is 7.24. The minimum absolute atomic E-state index is 0.0235. The van der Waals surface area contributed by atoms with Gasteiger partial charge in [0.25, 0.3) is 5.91 Å². The van der Waals surface area contributed by atoms with Gasteiger partial charge in [-0.1, -0.05) is 6.92 Å². The van der Waals surface area contributed by atoms with Gasteiger partial charge >= 0.3 is 0 Å². The van der Waals surface area contributed by atoms with E-state index >= 15 is 0 Å². The number of aryl methyl sites for hydroxylation is 2. The zero-order valence-electron chi connectivity index (χ0n) is 16.8. The topological polar surface area (TPSA) is 72.7 Å². The Morgan fingerprint density at radius 1 is 1.14 bits per heavy atom. The van der Waals surface area contributed by atoms with Crippen LogP contribution in [0.15, 0.2) is 18.6 Å². The minimum atomic E-state index is -0.0235. The zero-order valence-corrected chi connectivity index (χ0v) is 16.8. The van der Waals surface area contributed by atoms with Gasteiger partial charge in [0.15, 0.2) is 0 Å². The van der Waals surface area contributed by atoms with Gasteiger partial charge in [0.05, 0.1) is 11.3 Å². The molecular formula is C22H29N5O. The predicted molar refractivity (Wildman–Crippen MR) is 106 cm³/mol. The fourth-order valence-corrected chi connectivity index (χ4v) is 6.30. The molecule has 6 nitrogen and oxygen atoms in total. The molecule has 2 aromatic rings. The maximum absolute atomic E-state index is 12.9. The van der Waals surface area contributed by atoms with E-state index in [0.29, 0.717) is 22.6 Å². The van der Waals surface area contributed by atoms with Gasteiger partial charge < -0.3 is 5.32 Å². The molecule has 28 heavy (non-hydrogen) atoms. The van der Waals surface area contributed by atoms with E-state index in [4.69, 9.17) is 0 Å². The number of amides is 1. The molecule has 4 bridgehead atoms. The highest BCUT2D eigenvalue weighted by Gasteiger charge is 2.50. The van der Waals surface area contributed by atoms with Crippen molar-refractivity contribution in [2.24, 2.45) is 23.2 Å². The first-order valence-corrected chi connectivity index (χ1v) is 10.7. The van der Waals surface area contributed by atoms with Crippen LogP contribution in [0.1, 0.15) is 67.1 Å². The lowest BCUT2D eigenvalue weighted by Crippen LogP contribution is -2.51. The second-order valence-electron chi connectivity index (χ2n) is 9.42. The first-order valence-electron chi connectivity index (χ1n) is 10.7. The second-order valence-corrected chi connectivity index (χ2v) is 9.42. The van der Waals surface area contributed by atoms with Gasteiger partial charge in [0.2, 0.25) is 5.95 Å². The number of rotatable bonds is 5. The van der Waals surface area contributed by atoms with Gasteiger partial charge in [0, 0.05) is 25.1 Å². The molecule has 0 aliphatic heterocycles. The first kappa shape index (κ1) is 17.8. The summed E-state index contributed by atoms with van der Waals surface area (Å²) in [6.45, 7) is 4.75. The Balaban J connectivity index is 1.29. The lowest BCUT2D eigenvalue weighted by Gasteiger charge is -2.56. The third kappa shape index (κ3) is 3.12. The van der Waals surface area contributed by atoms with E-state index in [1.807, 2.05) is 19.3 Å². The first-order chi connectivity index (χ1) is 13.5. The molecular weight excluding hydrogens is 350 g/mol. The highest BCUT2D eigenvalue weighted by atomic mass is 16.1. The Morgan fingerprint density at radius 3 is 2.32 bits per heavy atom. The second kappa shape index (κ2) is 6.68. The van der Waals surface area contributed by atoms with E-state index in [0.717, 1.165) is 36.3 Å². The van der Waals surface area contributed by atoms with Crippen LogP contribution in [0, 0.1) is 30.1 Å². The molecule has 0 saturated heterocycles. The number of aromatic nitrogens is 4. The Labute approximate surface area is 166 Å². The van der Waals surface area contributed by atoms with E-state index in [1.54, 1.807) is 10.9 Å². The van der Waals surface area contributed by atoms with Crippen LogP contribution in [-0.4, -0.2) is 32.2 Å². The Morgan fingerprint density at radius 2 is 1.75 bits per heavy atom. The van der Waals surface area contributed by atoms with Crippen molar-refractivity contribution in [2.45, 2.75) is 58.8 Å². The summed E-state index contributed by atoms with van der Waals surface area (Å²) in [7, 11) is 0. The highest BCUT2D eigenvalue weighted by Crippen LogP contribution is 2.59. The monoisotopic (exact) mass is 379 g/mol. The number of hydrogen-bond acceptors (Lipinski definition) is 4. The predicted octanol–water partition coefficient (Wildman–Crippen LogP) is 3.48. The summed E-state index contributed by atoms with van der Waals surface area (Å²) in [6.07, 6.45) is 14.5. The third-order valence-electron chi connectivity index (χ3n) is 7.24. The number of carbonyl (C=O) groups excluding carboxylic acids is 1. The lowest BCUT2D eigenvalue weighted by molar-refractivity contribution is -0.0503. The molecule has 0 atom stereocenters. The van der Waals surface area contributed by atoms with Gasteiger partial charge in [-0.05, 0) is 80.6 Å². The van der Waals surface area contributed by atoms with Gasteiger partial charge in [0.1, 0.15) is 0 Å². The molecule has 0 radical (unpaired) electrons. The molecule has 4 aliphatic carbocycles. The van der Waals surface area contributed by atoms with Crippen LogP contribution in [0.4, 0.5) is 0 Å². The molecule has 0 aromatic carbocycles. The van der Waals surface area contributed by atoms with Crippen molar-refractivity contribution in [1.29, 1.82) is 0 Å². The van der Waals surface area contributed by atoms with E-state index in [9.17, 15) is 4.79 Å². The fraction of sp³-hybridized carbons (Fsp3) is 0.636. The number of hydrogen-bond donors (Lipinski definition) is 1. The summed E-state index contributed by atoms with van der Waals surface area (Å²) < 4.78 is 1.61. The van der Waals surface area contributed by atoms with Gasteiger partial charge in [-0.3, -0.25) is 4.79 Å². The molecule has 2 aromatic heterocycles. The standard InChI is InChI=1S/C22H29N5O/c1-3-15-10-23-21(24-11-15)27-12-19(14(2)26-27)20(28)25-13-22-7-16-4-17(8-22)6-18(5-16)9-22/h10-12,16-18H,3-9,13H2,1-2H3,(H,25,28). The molecule has 1 N–H and O–H groups in total. The Bertz CT molecular complexity index is 850. The van der Waals surface area contributed by atoms with E-state index in [2.05, 4.69) is 27.3 Å². The maximum Gasteiger partial charge on any atom is 0.254 e. The summed E-state index contributed by atoms with van der Waals surface area (Å²) in [4.78, 5) is 21.6. The average Bonchev–Trinajstić information content (AvgIpc) is 3.07. The van der Waals surface area contributed by atoms with Gasteiger partial charge in [-0.25, -0.2) is 14.6 Å². The molecule has 1 amide bonds. The van der Waals surface area contributed by atoms with Gasteiger partial charge in [-0.15, -0.1) is 0 Å². The summed E-state index contributed by atoms with van der Waals surface area (Å²) in [5.74, 6) is 3.17. The van der Waals surface area contributed by atoms with Crippen LogP contribution in [0.3, 0.4) is 0 Å².